The highest BCUT2D eigenvalue weighted by Gasteiger charge is 2.18. The molecule has 0 unspecified atom stereocenters. The number of piperidine rings is 1. The van der Waals surface area contributed by atoms with Crippen molar-refractivity contribution in [1.82, 2.24) is 10.2 Å². The predicted molar refractivity (Wildman–Crippen MR) is 59.4 cm³/mol. The molecule has 0 atom stereocenters. The fourth-order valence-corrected chi connectivity index (χ4v) is 3.19. The van der Waals surface area contributed by atoms with Crippen LogP contribution in [0.1, 0.15) is 12.8 Å². The van der Waals surface area contributed by atoms with Crippen LogP contribution >= 0.6 is 11.8 Å². The van der Waals surface area contributed by atoms with E-state index in [2.05, 4.69) is 22.0 Å². The van der Waals surface area contributed by atoms with Crippen LogP contribution in [-0.2, 0) is 0 Å². The number of hydrogen-bond acceptors (Lipinski definition) is 3. The van der Waals surface area contributed by atoms with Crippen molar-refractivity contribution in [1.29, 1.82) is 0 Å². The molecule has 2 heterocycles. The van der Waals surface area contributed by atoms with E-state index in [0.717, 1.165) is 5.92 Å². The van der Waals surface area contributed by atoms with Gasteiger partial charge in [0.25, 0.3) is 0 Å². The van der Waals surface area contributed by atoms with Gasteiger partial charge in [-0.3, -0.25) is 0 Å². The number of thioether (sulfide) groups is 1. The maximum absolute atomic E-state index is 3.43. The first kappa shape index (κ1) is 9.81. The summed E-state index contributed by atoms with van der Waals surface area (Å²) < 4.78 is 0. The molecule has 0 bridgehead atoms. The highest BCUT2D eigenvalue weighted by Crippen LogP contribution is 2.16. The van der Waals surface area contributed by atoms with Gasteiger partial charge in [-0.2, -0.15) is 11.8 Å². The normalized spacial score (nSPS) is 27.7. The first-order valence-corrected chi connectivity index (χ1v) is 6.61. The predicted octanol–water partition coefficient (Wildman–Crippen LogP) is 1.03. The van der Waals surface area contributed by atoms with E-state index in [0.29, 0.717) is 0 Å². The first-order valence-electron chi connectivity index (χ1n) is 5.46. The molecule has 0 aromatic rings. The molecule has 0 aromatic heterocycles. The van der Waals surface area contributed by atoms with E-state index in [-0.39, 0.29) is 0 Å². The lowest BCUT2D eigenvalue weighted by Crippen LogP contribution is -2.39. The molecule has 2 nitrogen and oxygen atoms in total. The van der Waals surface area contributed by atoms with Gasteiger partial charge >= 0.3 is 0 Å². The Kier molecular flexibility index (Phi) is 3.94. The van der Waals surface area contributed by atoms with Crippen molar-refractivity contribution < 1.29 is 0 Å². The summed E-state index contributed by atoms with van der Waals surface area (Å²) in [7, 11) is 0. The molecule has 0 aromatic carbocycles. The van der Waals surface area contributed by atoms with Crippen LogP contribution in [0.25, 0.3) is 0 Å². The standard InChI is InChI=1S/C10H20N2S/c1-3-11-4-2-10(1)9-12-5-7-13-8-6-12/h10-11H,1-9H2. The van der Waals surface area contributed by atoms with Crippen LogP contribution in [0.4, 0.5) is 0 Å². The molecular formula is C10H20N2S. The van der Waals surface area contributed by atoms with Gasteiger partial charge < -0.3 is 10.2 Å². The second kappa shape index (κ2) is 5.23. The highest BCUT2D eigenvalue weighted by atomic mass is 32.2. The van der Waals surface area contributed by atoms with Crippen molar-refractivity contribution in [2.45, 2.75) is 12.8 Å². The van der Waals surface area contributed by atoms with Gasteiger partial charge in [-0.15, -0.1) is 0 Å². The van der Waals surface area contributed by atoms with Crippen molar-refractivity contribution in [3.63, 3.8) is 0 Å². The van der Waals surface area contributed by atoms with Gasteiger partial charge in [0, 0.05) is 31.1 Å². The van der Waals surface area contributed by atoms with Crippen LogP contribution in [0.3, 0.4) is 0 Å². The Morgan fingerprint density at radius 3 is 2.54 bits per heavy atom. The Morgan fingerprint density at radius 1 is 1.15 bits per heavy atom. The summed E-state index contributed by atoms with van der Waals surface area (Å²) >= 11 is 2.11. The zero-order valence-corrected chi connectivity index (χ0v) is 9.11. The topological polar surface area (TPSA) is 15.3 Å². The van der Waals surface area contributed by atoms with Crippen LogP contribution in [0.5, 0.6) is 0 Å². The van der Waals surface area contributed by atoms with E-state index in [1.807, 2.05) is 0 Å². The van der Waals surface area contributed by atoms with Gasteiger partial charge in [0.05, 0.1) is 0 Å². The SMILES string of the molecule is C1CC(CN2CCSCC2)CCN1. The van der Waals surface area contributed by atoms with Crippen LogP contribution in [0, 0.1) is 5.92 Å². The Hall–Kier alpha value is 0.270. The Morgan fingerprint density at radius 2 is 1.85 bits per heavy atom. The van der Waals surface area contributed by atoms with Gasteiger partial charge in [-0.05, 0) is 31.8 Å². The summed E-state index contributed by atoms with van der Waals surface area (Å²) in [5.41, 5.74) is 0. The van der Waals surface area contributed by atoms with E-state index < -0.39 is 0 Å². The molecular weight excluding hydrogens is 180 g/mol. The zero-order chi connectivity index (χ0) is 8.93. The average Bonchev–Trinajstić information content (AvgIpc) is 2.21. The summed E-state index contributed by atoms with van der Waals surface area (Å²) in [5.74, 6) is 3.68. The van der Waals surface area contributed by atoms with Crippen LogP contribution in [-0.4, -0.2) is 49.1 Å². The molecule has 76 valence electrons. The fraction of sp³-hybridized carbons (Fsp3) is 1.00. The van der Waals surface area contributed by atoms with Crippen LogP contribution < -0.4 is 5.32 Å². The van der Waals surface area contributed by atoms with Gasteiger partial charge in [0.1, 0.15) is 0 Å². The molecule has 2 aliphatic heterocycles. The molecule has 0 aliphatic carbocycles. The third-order valence-electron chi connectivity index (χ3n) is 3.08. The largest absolute Gasteiger partial charge is 0.317 e. The third-order valence-corrected chi connectivity index (χ3v) is 4.02. The number of nitrogens with one attached hydrogen (secondary N) is 1. The van der Waals surface area contributed by atoms with Crippen LogP contribution in [0.15, 0.2) is 0 Å². The molecule has 2 rings (SSSR count). The van der Waals surface area contributed by atoms with Crippen LogP contribution in [0.2, 0.25) is 0 Å². The van der Waals surface area contributed by atoms with Crippen molar-refractivity contribution in [2.24, 2.45) is 5.92 Å². The first-order chi connectivity index (χ1) is 6.45. The summed E-state index contributed by atoms with van der Waals surface area (Å²) in [6.45, 7) is 6.51. The highest BCUT2D eigenvalue weighted by molar-refractivity contribution is 7.99. The Balaban J connectivity index is 1.69. The smallest absolute Gasteiger partial charge is 0.00728 e. The minimum Gasteiger partial charge on any atom is -0.317 e. The number of nitrogens with zero attached hydrogens (tertiary/aromatic N) is 1. The lowest BCUT2D eigenvalue weighted by molar-refractivity contribution is 0.221. The summed E-state index contributed by atoms with van der Waals surface area (Å²) in [6.07, 6.45) is 2.79. The molecule has 0 amide bonds. The van der Waals surface area contributed by atoms with Crippen molar-refractivity contribution in [2.75, 3.05) is 44.2 Å². The molecule has 2 aliphatic rings. The number of rotatable bonds is 2. The maximum Gasteiger partial charge on any atom is 0.00728 e. The van der Waals surface area contributed by atoms with Crippen molar-refractivity contribution in [3.05, 3.63) is 0 Å². The Labute approximate surface area is 85.4 Å². The van der Waals surface area contributed by atoms with E-state index in [1.54, 1.807) is 0 Å². The average molecular weight is 200 g/mol. The minimum atomic E-state index is 0.976. The van der Waals surface area contributed by atoms with Gasteiger partial charge in [-0.25, -0.2) is 0 Å². The zero-order valence-electron chi connectivity index (χ0n) is 8.30. The molecule has 3 heteroatoms. The lowest BCUT2D eigenvalue weighted by Gasteiger charge is -2.32. The molecule has 0 saturated carbocycles. The van der Waals surface area contributed by atoms with Crippen molar-refractivity contribution >= 4 is 11.8 Å². The Bertz CT molecular complexity index is 124. The van der Waals surface area contributed by atoms with Gasteiger partial charge in [0.2, 0.25) is 0 Å². The monoisotopic (exact) mass is 200 g/mol. The quantitative estimate of drug-likeness (QED) is 0.717. The van der Waals surface area contributed by atoms with E-state index in [1.165, 1.54) is 57.1 Å². The van der Waals surface area contributed by atoms with Crippen molar-refractivity contribution in [3.8, 4) is 0 Å². The van der Waals surface area contributed by atoms with E-state index in [4.69, 9.17) is 0 Å². The maximum atomic E-state index is 3.43. The van der Waals surface area contributed by atoms with E-state index >= 15 is 0 Å². The number of hydrogen-bond donors (Lipinski definition) is 1. The third kappa shape index (κ3) is 3.15. The molecule has 2 fully saturated rings. The summed E-state index contributed by atoms with van der Waals surface area (Å²) in [6, 6.07) is 0. The molecule has 13 heavy (non-hydrogen) atoms. The fourth-order valence-electron chi connectivity index (χ4n) is 2.21. The second-order valence-electron chi connectivity index (χ2n) is 4.11. The van der Waals surface area contributed by atoms with Gasteiger partial charge in [-0.1, -0.05) is 0 Å². The minimum absolute atomic E-state index is 0.976. The summed E-state index contributed by atoms with van der Waals surface area (Å²) in [4.78, 5) is 2.66. The molecule has 1 N–H and O–H groups in total. The molecule has 0 radical (unpaired) electrons. The molecule has 0 spiro atoms. The van der Waals surface area contributed by atoms with Gasteiger partial charge in [0.15, 0.2) is 0 Å². The van der Waals surface area contributed by atoms with E-state index in [9.17, 15) is 0 Å². The molecule has 2 saturated heterocycles. The second-order valence-corrected chi connectivity index (χ2v) is 5.33. The lowest BCUT2D eigenvalue weighted by atomic mass is 9.97. The summed E-state index contributed by atoms with van der Waals surface area (Å²) in [5, 5.41) is 3.43.